The van der Waals surface area contributed by atoms with E-state index in [0.717, 1.165) is 3.57 Å². The van der Waals surface area contributed by atoms with Crippen LogP contribution in [0.4, 0.5) is 0 Å². The van der Waals surface area contributed by atoms with Crippen molar-refractivity contribution in [1.29, 1.82) is 0 Å². The van der Waals surface area contributed by atoms with Crippen molar-refractivity contribution in [2.45, 2.75) is 13.8 Å². The van der Waals surface area contributed by atoms with E-state index < -0.39 is 32.6 Å². The Hall–Kier alpha value is -0.630. The number of hydrogen-bond acceptors (Lipinski definition) is 5. The maximum atomic E-state index is 10.8. The van der Waals surface area contributed by atoms with Crippen molar-refractivity contribution in [3.63, 3.8) is 0 Å². The predicted molar refractivity (Wildman–Crippen MR) is 60.6 cm³/mol. The summed E-state index contributed by atoms with van der Waals surface area (Å²) in [4.78, 5) is 21.5. The normalized spacial score (nSPS) is 10.6. The van der Waals surface area contributed by atoms with Crippen LogP contribution in [-0.4, -0.2) is 11.9 Å². The molecule has 14 heavy (non-hydrogen) atoms. The van der Waals surface area contributed by atoms with Crippen molar-refractivity contribution < 1.29 is 15.7 Å². The average Bonchev–Trinajstić information content (AvgIpc) is 2.52. The number of halogens is 1. The number of carbonyl (C=O) groups excluding carboxylic acids is 2. The Bertz CT molecular complexity index is 306. The fourth-order valence-electron chi connectivity index (χ4n) is 0.638. The van der Waals surface area contributed by atoms with E-state index in [4.69, 9.17) is 6.13 Å². The minimum absolute atomic E-state index is 0.414. The van der Waals surface area contributed by atoms with E-state index in [9.17, 15) is 9.59 Å². The molecular formula is C8H9IO4S. The van der Waals surface area contributed by atoms with Crippen molar-refractivity contribution in [3.05, 3.63) is 20.4 Å². The standard InChI is InChI=1S/C8H9IO4S/c1-6(10)12-9(13-7(2)11)8-3-4-14-5-8/h3-5H,1-2H3. The fourth-order valence-corrected chi connectivity index (χ4v) is 4.73. The molecule has 0 aliphatic rings. The third-order valence-corrected chi connectivity index (χ3v) is 5.86. The van der Waals surface area contributed by atoms with Crippen molar-refractivity contribution in [3.8, 4) is 0 Å². The van der Waals surface area contributed by atoms with Gasteiger partial charge in [-0.05, 0) is 0 Å². The third kappa shape index (κ3) is 3.62. The van der Waals surface area contributed by atoms with Gasteiger partial charge in [-0.1, -0.05) is 0 Å². The fraction of sp³-hybridized carbons (Fsp3) is 0.250. The molecule has 1 heterocycles. The first-order chi connectivity index (χ1) is 6.59. The van der Waals surface area contributed by atoms with Gasteiger partial charge >= 0.3 is 93.9 Å². The number of carbonyl (C=O) groups is 2. The zero-order valence-corrected chi connectivity index (χ0v) is 10.6. The summed E-state index contributed by atoms with van der Waals surface area (Å²) in [6, 6.07) is 1.81. The van der Waals surface area contributed by atoms with Gasteiger partial charge < -0.3 is 0 Å². The van der Waals surface area contributed by atoms with Crippen LogP contribution in [0.5, 0.6) is 0 Å². The molecule has 0 fully saturated rings. The first-order valence-corrected chi connectivity index (χ1v) is 7.48. The molecule has 0 radical (unpaired) electrons. The monoisotopic (exact) mass is 328 g/mol. The van der Waals surface area contributed by atoms with Crippen molar-refractivity contribution in [2.75, 3.05) is 0 Å². The van der Waals surface area contributed by atoms with E-state index in [-0.39, 0.29) is 0 Å². The predicted octanol–water partition coefficient (Wildman–Crippen LogP) is 2.38. The first kappa shape index (κ1) is 11.4. The molecule has 0 bridgehead atoms. The summed E-state index contributed by atoms with van der Waals surface area (Å²) in [7, 11) is 0. The summed E-state index contributed by atoms with van der Waals surface area (Å²) in [5.74, 6) is -0.828. The molecule has 0 unspecified atom stereocenters. The molecule has 0 N–H and O–H groups in total. The SMILES string of the molecule is CC(=O)OI(OC(C)=O)c1ccsc1. The molecule has 1 rings (SSSR count). The van der Waals surface area contributed by atoms with Gasteiger partial charge in [0.15, 0.2) is 0 Å². The van der Waals surface area contributed by atoms with E-state index in [1.807, 2.05) is 10.8 Å². The van der Waals surface area contributed by atoms with Crippen LogP contribution in [-0.2, 0) is 15.7 Å². The number of thiophene rings is 1. The zero-order chi connectivity index (χ0) is 10.6. The molecule has 0 amide bonds. The van der Waals surface area contributed by atoms with Gasteiger partial charge in [0.1, 0.15) is 0 Å². The molecule has 0 aliphatic heterocycles. The van der Waals surface area contributed by atoms with E-state index in [2.05, 4.69) is 0 Å². The molecule has 0 spiro atoms. The van der Waals surface area contributed by atoms with Crippen molar-refractivity contribution >= 4 is 43.9 Å². The molecule has 0 aromatic carbocycles. The Morgan fingerprint density at radius 2 is 1.86 bits per heavy atom. The summed E-state index contributed by atoms with van der Waals surface area (Å²) >= 11 is -1.05. The maximum absolute atomic E-state index is 10.8. The Morgan fingerprint density at radius 3 is 2.21 bits per heavy atom. The second-order valence-electron chi connectivity index (χ2n) is 2.30. The minimum atomic E-state index is -2.53. The molecule has 6 heteroatoms. The molecule has 1 aromatic rings. The number of hydrogen-bond donors (Lipinski definition) is 0. The van der Waals surface area contributed by atoms with Gasteiger partial charge in [-0.15, -0.1) is 0 Å². The molecule has 0 aliphatic carbocycles. The summed E-state index contributed by atoms with van der Waals surface area (Å²) < 4.78 is 10.8. The Labute approximate surface area is 93.7 Å². The van der Waals surface area contributed by atoms with Crippen LogP contribution in [0.1, 0.15) is 13.8 Å². The molecule has 78 valence electrons. The van der Waals surface area contributed by atoms with Crippen LogP contribution in [0.25, 0.3) is 0 Å². The van der Waals surface area contributed by atoms with Gasteiger partial charge in [0.05, 0.1) is 0 Å². The topological polar surface area (TPSA) is 52.6 Å². The van der Waals surface area contributed by atoms with Gasteiger partial charge in [0.2, 0.25) is 0 Å². The van der Waals surface area contributed by atoms with Gasteiger partial charge in [-0.2, -0.15) is 0 Å². The molecule has 4 nitrogen and oxygen atoms in total. The third-order valence-electron chi connectivity index (χ3n) is 1.02. The Kier molecular flexibility index (Phi) is 4.33. The van der Waals surface area contributed by atoms with Gasteiger partial charge in [0.25, 0.3) is 0 Å². The summed E-state index contributed by atoms with van der Waals surface area (Å²) in [6.07, 6.45) is 0. The first-order valence-electron chi connectivity index (χ1n) is 3.70. The zero-order valence-electron chi connectivity index (χ0n) is 7.65. The van der Waals surface area contributed by atoms with Crippen LogP contribution in [0.15, 0.2) is 16.8 Å². The Balaban J connectivity index is 2.71. The van der Waals surface area contributed by atoms with E-state index in [0.29, 0.717) is 0 Å². The molecule has 1 aromatic heterocycles. The Morgan fingerprint density at radius 1 is 1.29 bits per heavy atom. The average molecular weight is 328 g/mol. The molecule has 0 saturated heterocycles. The summed E-state index contributed by atoms with van der Waals surface area (Å²) in [5.41, 5.74) is 0. The van der Waals surface area contributed by atoms with Gasteiger partial charge in [-0.3, -0.25) is 0 Å². The molecule has 0 saturated carbocycles. The van der Waals surface area contributed by atoms with Crippen LogP contribution < -0.4 is 0 Å². The summed E-state index contributed by atoms with van der Waals surface area (Å²) in [5, 5.41) is 3.68. The van der Waals surface area contributed by atoms with Crippen molar-refractivity contribution in [2.24, 2.45) is 0 Å². The second-order valence-corrected chi connectivity index (χ2v) is 6.44. The van der Waals surface area contributed by atoms with Crippen molar-refractivity contribution in [1.82, 2.24) is 0 Å². The van der Waals surface area contributed by atoms with Crippen LogP contribution in [0.2, 0.25) is 0 Å². The second kappa shape index (κ2) is 5.30. The molecule has 0 atom stereocenters. The van der Waals surface area contributed by atoms with Crippen LogP contribution in [0.3, 0.4) is 0 Å². The van der Waals surface area contributed by atoms with Gasteiger partial charge in [0, 0.05) is 0 Å². The van der Waals surface area contributed by atoms with Crippen LogP contribution >= 0.6 is 32.0 Å². The molecular weight excluding hydrogens is 319 g/mol. The van der Waals surface area contributed by atoms with E-state index >= 15 is 0 Å². The van der Waals surface area contributed by atoms with Crippen LogP contribution in [0, 0.1) is 3.57 Å². The van der Waals surface area contributed by atoms with E-state index in [1.165, 1.54) is 25.2 Å². The number of rotatable bonds is 3. The van der Waals surface area contributed by atoms with E-state index in [1.54, 1.807) is 6.07 Å². The quantitative estimate of drug-likeness (QED) is 0.800. The van der Waals surface area contributed by atoms with Gasteiger partial charge in [-0.25, -0.2) is 0 Å². The summed E-state index contributed by atoms with van der Waals surface area (Å²) in [6.45, 7) is 2.61.